The second-order valence-corrected chi connectivity index (χ2v) is 5.30. The average Bonchev–Trinajstić information content (AvgIpc) is 2.80. The summed E-state index contributed by atoms with van der Waals surface area (Å²) in [5.41, 5.74) is 5.82. The van der Waals surface area contributed by atoms with E-state index in [1.165, 1.54) is 13.3 Å². The quantitative estimate of drug-likeness (QED) is 0.509. The molecule has 0 saturated heterocycles. The number of nitrogens with zero attached hydrogens (tertiary/aromatic N) is 3. The lowest BCUT2D eigenvalue weighted by Gasteiger charge is -2.23. The molecule has 0 radical (unpaired) electrons. The van der Waals surface area contributed by atoms with E-state index in [1.54, 1.807) is 0 Å². The number of rotatable bonds is 5. The molecule has 1 aliphatic rings. The first kappa shape index (κ1) is 14.3. The lowest BCUT2D eigenvalue weighted by atomic mass is 10.4. The number of aromatic nitrogens is 2. The van der Waals surface area contributed by atoms with Crippen molar-refractivity contribution in [2.75, 3.05) is 24.2 Å². The van der Waals surface area contributed by atoms with Gasteiger partial charge in [0.2, 0.25) is 0 Å². The van der Waals surface area contributed by atoms with Gasteiger partial charge in [-0.2, -0.15) is 8.42 Å². The van der Waals surface area contributed by atoms with Crippen molar-refractivity contribution in [2.24, 2.45) is 10.1 Å². The van der Waals surface area contributed by atoms with Gasteiger partial charge in [-0.3, -0.25) is 4.79 Å². The maximum atomic E-state index is 11.9. The Labute approximate surface area is 114 Å². The summed E-state index contributed by atoms with van der Waals surface area (Å²) in [5.74, 6) is -0.482. The number of imidazole rings is 1. The van der Waals surface area contributed by atoms with Crippen LogP contribution in [-0.4, -0.2) is 50.1 Å². The Bertz CT molecular complexity index is 637. The molecule has 20 heavy (non-hydrogen) atoms. The molecule has 0 bridgehead atoms. The molecule has 0 unspecified atom stereocenters. The van der Waals surface area contributed by atoms with Crippen LogP contribution in [0.25, 0.3) is 0 Å². The number of carbonyl (C=O) groups excluding carboxylic acids is 1. The number of fused-ring (bicyclic) bond motifs is 1. The lowest BCUT2D eigenvalue weighted by molar-refractivity contribution is -0.142. The summed E-state index contributed by atoms with van der Waals surface area (Å²) >= 11 is 0. The predicted octanol–water partition coefficient (Wildman–Crippen LogP) is -1.28. The monoisotopic (exact) mass is 303 g/mol. The Kier molecular flexibility index (Phi) is 3.90. The van der Waals surface area contributed by atoms with Gasteiger partial charge in [-0.05, 0) is 0 Å². The molecule has 11 heteroatoms. The van der Waals surface area contributed by atoms with Crippen LogP contribution in [0.4, 0.5) is 5.82 Å². The zero-order chi connectivity index (χ0) is 14.8. The third-order valence-corrected chi connectivity index (χ3v) is 3.61. The topological polar surface area (TPSA) is 140 Å². The fourth-order valence-corrected chi connectivity index (χ4v) is 2.52. The van der Waals surface area contributed by atoms with E-state index in [0.717, 1.165) is 4.31 Å². The summed E-state index contributed by atoms with van der Waals surface area (Å²) in [6, 6.07) is 0. The Balaban J connectivity index is 2.03. The second-order valence-electron chi connectivity index (χ2n) is 3.78. The van der Waals surface area contributed by atoms with E-state index in [-0.39, 0.29) is 31.6 Å². The number of amidine groups is 1. The van der Waals surface area contributed by atoms with Gasteiger partial charge in [0.25, 0.3) is 0 Å². The van der Waals surface area contributed by atoms with Gasteiger partial charge >= 0.3 is 16.2 Å². The van der Waals surface area contributed by atoms with Crippen LogP contribution >= 0.6 is 0 Å². The molecule has 1 aromatic heterocycles. The van der Waals surface area contributed by atoms with Crippen LogP contribution in [0, 0.1) is 0 Å². The summed E-state index contributed by atoms with van der Waals surface area (Å²) in [6.45, 7) is 1.04. The van der Waals surface area contributed by atoms with Crippen molar-refractivity contribution in [1.82, 2.24) is 9.97 Å². The maximum absolute atomic E-state index is 11.9. The first-order valence-electron chi connectivity index (χ1n) is 5.55. The minimum Gasteiger partial charge on any atom is -0.463 e. The molecule has 0 saturated carbocycles. The Morgan fingerprint density at radius 3 is 2.95 bits per heavy atom. The highest BCUT2D eigenvalue weighted by molar-refractivity contribution is 7.91. The van der Waals surface area contributed by atoms with E-state index in [1.807, 2.05) is 0 Å². The number of H-pyrrole nitrogens is 1. The molecule has 0 fully saturated rings. The first-order valence-corrected chi connectivity index (χ1v) is 6.94. The number of hydrogen-bond acceptors (Lipinski definition) is 7. The number of nitrogens with one attached hydrogen (secondary N) is 1. The van der Waals surface area contributed by atoms with E-state index in [2.05, 4.69) is 19.1 Å². The van der Waals surface area contributed by atoms with Crippen LogP contribution in [0.2, 0.25) is 0 Å². The van der Waals surface area contributed by atoms with Gasteiger partial charge in [-0.15, -0.1) is 4.40 Å². The summed E-state index contributed by atoms with van der Waals surface area (Å²) in [5, 5.41) is 0. The third kappa shape index (κ3) is 2.88. The SMILES string of the molecule is CC(=O)OCCOCN1c2nc[nH]c2C(N)=NS1(=O)=O. The fraction of sp³-hybridized carbons (Fsp3) is 0.444. The highest BCUT2D eigenvalue weighted by atomic mass is 32.2. The number of aromatic amines is 1. The number of anilines is 1. The van der Waals surface area contributed by atoms with Gasteiger partial charge in [-0.1, -0.05) is 0 Å². The van der Waals surface area contributed by atoms with Crippen molar-refractivity contribution in [3.8, 4) is 0 Å². The van der Waals surface area contributed by atoms with Crippen LogP contribution in [0.5, 0.6) is 0 Å². The van der Waals surface area contributed by atoms with Crippen LogP contribution < -0.4 is 10.0 Å². The number of esters is 1. The predicted molar refractivity (Wildman–Crippen MR) is 68.2 cm³/mol. The molecule has 10 nitrogen and oxygen atoms in total. The van der Waals surface area contributed by atoms with E-state index < -0.39 is 16.2 Å². The van der Waals surface area contributed by atoms with Crippen molar-refractivity contribution in [3.63, 3.8) is 0 Å². The zero-order valence-corrected chi connectivity index (χ0v) is 11.4. The molecule has 1 aliphatic heterocycles. The van der Waals surface area contributed by atoms with Gasteiger partial charge in [0.15, 0.2) is 11.7 Å². The molecule has 0 amide bonds. The van der Waals surface area contributed by atoms with Gasteiger partial charge in [-0.25, -0.2) is 9.29 Å². The maximum Gasteiger partial charge on any atom is 0.349 e. The standard InChI is InChI=1S/C9H13N5O5S/c1-6(15)19-3-2-18-5-14-9-7(11-4-12-9)8(10)13-20(14,16)17/h4H,2-3,5H2,1H3,(H2,10,13)(H,11,12). The van der Waals surface area contributed by atoms with Gasteiger partial charge in [0.05, 0.1) is 12.9 Å². The smallest absolute Gasteiger partial charge is 0.349 e. The number of ether oxygens (including phenoxy) is 2. The number of nitrogens with two attached hydrogens (primary N) is 1. The summed E-state index contributed by atoms with van der Waals surface area (Å²) in [7, 11) is -3.98. The third-order valence-electron chi connectivity index (χ3n) is 2.35. The average molecular weight is 303 g/mol. The molecule has 3 N–H and O–H groups in total. The fourth-order valence-electron chi connectivity index (χ4n) is 1.51. The molecular weight excluding hydrogens is 290 g/mol. The van der Waals surface area contributed by atoms with Crippen LogP contribution in [0.3, 0.4) is 0 Å². The molecule has 1 aromatic rings. The van der Waals surface area contributed by atoms with Crippen molar-refractivity contribution < 1.29 is 22.7 Å². The van der Waals surface area contributed by atoms with Crippen molar-refractivity contribution in [1.29, 1.82) is 0 Å². The van der Waals surface area contributed by atoms with Crippen LogP contribution in [0.1, 0.15) is 12.6 Å². The molecule has 2 rings (SSSR count). The summed E-state index contributed by atoms with van der Waals surface area (Å²) < 4.78 is 37.8. The van der Waals surface area contributed by atoms with Crippen LogP contribution in [-0.2, 0) is 24.5 Å². The van der Waals surface area contributed by atoms with E-state index in [4.69, 9.17) is 10.5 Å². The molecule has 0 spiro atoms. The van der Waals surface area contributed by atoms with Gasteiger partial charge in [0, 0.05) is 6.92 Å². The molecule has 0 aliphatic carbocycles. The molecular formula is C9H13N5O5S. The largest absolute Gasteiger partial charge is 0.463 e. The molecule has 110 valence electrons. The lowest BCUT2D eigenvalue weighted by Crippen LogP contribution is -2.39. The second kappa shape index (κ2) is 5.46. The Hall–Kier alpha value is -2.14. The van der Waals surface area contributed by atoms with Gasteiger partial charge < -0.3 is 20.2 Å². The normalized spacial score (nSPS) is 16.4. The number of carbonyl (C=O) groups is 1. The van der Waals surface area contributed by atoms with Crippen molar-refractivity contribution in [3.05, 3.63) is 12.0 Å². The summed E-state index contributed by atoms with van der Waals surface area (Å²) in [4.78, 5) is 17.1. The van der Waals surface area contributed by atoms with E-state index in [9.17, 15) is 13.2 Å². The van der Waals surface area contributed by atoms with Gasteiger partial charge in [0.1, 0.15) is 19.0 Å². The zero-order valence-electron chi connectivity index (χ0n) is 10.6. The van der Waals surface area contributed by atoms with Crippen molar-refractivity contribution >= 4 is 27.8 Å². The number of hydrogen-bond donors (Lipinski definition) is 2. The van der Waals surface area contributed by atoms with E-state index in [0.29, 0.717) is 5.69 Å². The Morgan fingerprint density at radius 2 is 2.25 bits per heavy atom. The molecule has 2 heterocycles. The minimum atomic E-state index is -3.98. The van der Waals surface area contributed by atoms with E-state index >= 15 is 0 Å². The van der Waals surface area contributed by atoms with Crippen LogP contribution in [0.15, 0.2) is 10.7 Å². The molecule has 0 atom stereocenters. The highest BCUT2D eigenvalue weighted by Crippen LogP contribution is 2.24. The minimum absolute atomic E-state index is 0.0298. The first-order chi connectivity index (χ1) is 9.42. The summed E-state index contributed by atoms with van der Waals surface area (Å²) in [6.07, 6.45) is 1.31. The molecule has 0 aromatic carbocycles. The van der Waals surface area contributed by atoms with Crippen molar-refractivity contribution in [2.45, 2.75) is 6.92 Å². The Morgan fingerprint density at radius 1 is 1.50 bits per heavy atom. The highest BCUT2D eigenvalue weighted by Gasteiger charge is 2.32.